The van der Waals surface area contributed by atoms with Gasteiger partial charge in [-0.1, -0.05) is 12.1 Å². The smallest absolute Gasteiger partial charge is 0.337 e. The highest BCUT2D eigenvalue weighted by Gasteiger charge is 2.11. The summed E-state index contributed by atoms with van der Waals surface area (Å²) in [5, 5.41) is 16.3. The van der Waals surface area contributed by atoms with E-state index in [1.165, 1.54) is 6.07 Å². The maximum Gasteiger partial charge on any atom is 0.337 e. The fraction of sp³-hybridized carbons (Fsp3) is 0.0714. The molecule has 3 aromatic rings. The zero-order valence-corrected chi connectivity index (χ0v) is 10.7. The Kier molecular flexibility index (Phi) is 2.83. The number of para-hydroxylation sites is 1. The van der Waals surface area contributed by atoms with E-state index in [1.807, 2.05) is 25.3 Å². The summed E-state index contributed by atoms with van der Waals surface area (Å²) in [6.07, 6.45) is 1.81. The SMILES string of the molecule is Cc1ccn2nc(Nc3ccccc3C(=O)O)nc2c1. The summed E-state index contributed by atoms with van der Waals surface area (Å²) in [7, 11) is 0. The van der Waals surface area contributed by atoms with E-state index >= 15 is 0 Å². The number of nitrogens with zero attached hydrogens (tertiary/aromatic N) is 3. The van der Waals surface area contributed by atoms with Gasteiger partial charge < -0.3 is 10.4 Å². The zero-order chi connectivity index (χ0) is 14.1. The molecule has 0 saturated heterocycles. The first-order valence-corrected chi connectivity index (χ1v) is 6.06. The van der Waals surface area contributed by atoms with Crippen LogP contribution in [0.1, 0.15) is 15.9 Å². The number of nitrogens with one attached hydrogen (secondary N) is 1. The predicted octanol–water partition coefficient (Wildman–Crippen LogP) is 2.48. The molecule has 0 unspecified atom stereocenters. The van der Waals surface area contributed by atoms with Gasteiger partial charge in [0.15, 0.2) is 5.65 Å². The Hall–Kier alpha value is -2.89. The Bertz CT molecular complexity index is 795. The lowest BCUT2D eigenvalue weighted by molar-refractivity contribution is 0.0698. The summed E-state index contributed by atoms with van der Waals surface area (Å²) in [4.78, 5) is 15.5. The summed E-state index contributed by atoms with van der Waals surface area (Å²) in [5.41, 5.74) is 2.44. The van der Waals surface area contributed by atoms with Crippen molar-refractivity contribution >= 4 is 23.3 Å². The van der Waals surface area contributed by atoms with E-state index in [1.54, 1.807) is 22.7 Å². The fourth-order valence-corrected chi connectivity index (χ4v) is 1.94. The van der Waals surface area contributed by atoms with Crippen molar-refractivity contribution in [2.45, 2.75) is 6.92 Å². The summed E-state index contributed by atoms with van der Waals surface area (Å²) < 4.78 is 1.64. The zero-order valence-electron chi connectivity index (χ0n) is 10.7. The number of aromatic carboxylic acids is 1. The molecule has 0 aliphatic rings. The van der Waals surface area contributed by atoms with Crippen molar-refractivity contribution in [1.29, 1.82) is 0 Å². The molecule has 20 heavy (non-hydrogen) atoms. The molecule has 0 amide bonds. The number of carboxylic acids is 1. The van der Waals surface area contributed by atoms with Gasteiger partial charge in [-0.25, -0.2) is 9.31 Å². The third kappa shape index (κ3) is 2.18. The number of hydrogen-bond acceptors (Lipinski definition) is 4. The van der Waals surface area contributed by atoms with Crippen LogP contribution in [0.15, 0.2) is 42.6 Å². The molecule has 3 rings (SSSR count). The molecule has 2 N–H and O–H groups in total. The van der Waals surface area contributed by atoms with Gasteiger partial charge in [-0.15, -0.1) is 5.10 Å². The first-order chi connectivity index (χ1) is 9.63. The number of fused-ring (bicyclic) bond motifs is 1. The molecule has 100 valence electrons. The van der Waals surface area contributed by atoms with Gasteiger partial charge in [-0.2, -0.15) is 4.98 Å². The molecule has 6 heteroatoms. The molecule has 0 spiro atoms. The number of carbonyl (C=O) groups is 1. The second kappa shape index (κ2) is 4.65. The standard InChI is InChI=1S/C14H12N4O2/c1-9-6-7-18-12(8-9)16-14(17-18)15-11-5-3-2-4-10(11)13(19)20/h2-8H,1H3,(H,15,17)(H,19,20). The van der Waals surface area contributed by atoms with Crippen LogP contribution in [0.5, 0.6) is 0 Å². The second-order valence-corrected chi connectivity index (χ2v) is 4.42. The average molecular weight is 268 g/mol. The van der Waals surface area contributed by atoms with Crippen LogP contribution in [0.4, 0.5) is 11.6 Å². The lowest BCUT2D eigenvalue weighted by Crippen LogP contribution is -2.03. The minimum atomic E-state index is -0.993. The summed E-state index contributed by atoms with van der Waals surface area (Å²) in [5.74, 6) is -0.628. The lowest BCUT2D eigenvalue weighted by Gasteiger charge is -2.04. The van der Waals surface area contributed by atoms with Crippen molar-refractivity contribution in [3.05, 3.63) is 53.7 Å². The number of carboxylic acid groups (broad SMARTS) is 1. The van der Waals surface area contributed by atoms with Gasteiger partial charge in [-0.05, 0) is 36.8 Å². The maximum atomic E-state index is 11.1. The molecule has 2 heterocycles. The van der Waals surface area contributed by atoms with Gasteiger partial charge >= 0.3 is 5.97 Å². The van der Waals surface area contributed by atoms with E-state index in [0.717, 1.165) is 5.56 Å². The first kappa shape index (κ1) is 12.2. The van der Waals surface area contributed by atoms with Crippen LogP contribution in [0.25, 0.3) is 5.65 Å². The Morgan fingerprint density at radius 1 is 1.30 bits per heavy atom. The highest BCUT2D eigenvalue weighted by atomic mass is 16.4. The predicted molar refractivity (Wildman–Crippen MR) is 74.4 cm³/mol. The van der Waals surface area contributed by atoms with Crippen LogP contribution in [-0.4, -0.2) is 25.7 Å². The summed E-state index contributed by atoms with van der Waals surface area (Å²) >= 11 is 0. The number of aromatic nitrogens is 3. The molecule has 0 atom stereocenters. The van der Waals surface area contributed by atoms with Crippen LogP contribution in [0.3, 0.4) is 0 Å². The van der Waals surface area contributed by atoms with E-state index < -0.39 is 5.97 Å². The Morgan fingerprint density at radius 3 is 2.90 bits per heavy atom. The average Bonchev–Trinajstić information content (AvgIpc) is 2.80. The number of hydrogen-bond donors (Lipinski definition) is 2. The highest BCUT2D eigenvalue weighted by molar-refractivity contribution is 5.94. The lowest BCUT2D eigenvalue weighted by atomic mass is 10.2. The van der Waals surface area contributed by atoms with Gasteiger partial charge in [0.1, 0.15) is 0 Å². The van der Waals surface area contributed by atoms with Gasteiger partial charge in [0.25, 0.3) is 0 Å². The van der Waals surface area contributed by atoms with Gasteiger partial charge in [0, 0.05) is 6.20 Å². The maximum absolute atomic E-state index is 11.1. The van der Waals surface area contributed by atoms with Crippen molar-refractivity contribution in [3.8, 4) is 0 Å². The highest BCUT2D eigenvalue weighted by Crippen LogP contribution is 2.19. The van der Waals surface area contributed by atoms with E-state index in [0.29, 0.717) is 17.3 Å². The van der Waals surface area contributed by atoms with E-state index in [4.69, 9.17) is 5.11 Å². The van der Waals surface area contributed by atoms with Crippen molar-refractivity contribution in [1.82, 2.24) is 14.6 Å². The van der Waals surface area contributed by atoms with Gasteiger partial charge in [-0.3, -0.25) is 0 Å². The summed E-state index contributed by atoms with van der Waals surface area (Å²) in [6, 6.07) is 10.5. The van der Waals surface area contributed by atoms with Crippen LogP contribution in [0.2, 0.25) is 0 Å². The molecule has 0 bridgehead atoms. The van der Waals surface area contributed by atoms with E-state index in [-0.39, 0.29) is 5.56 Å². The topological polar surface area (TPSA) is 79.5 Å². The molecular weight excluding hydrogens is 256 g/mol. The first-order valence-electron chi connectivity index (χ1n) is 6.06. The van der Waals surface area contributed by atoms with Gasteiger partial charge in [0.2, 0.25) is 5.95 Å². The molecule has 0 saturated carbocycles. The Balaban J connectivity index is 1.99. The molecule has 0 aliphatic heterocycles. The summed E-state index contributed by atoms with van der Waals surface area (Å²) in [6.45, 7) is 1.97. The van der Waals surface area contributed by atoms with Crippen molar-refractivity contribution in [2.24, 2.45) is 0 Å². The minimum Gasteiger partial charge on any atom is -0.478 e. The van der Waals surface area contributed by atoms with Crippen LogP contribution < -0.4 is 5.32 Å². The number of pyridine rings is 1. The largest absolute Gasteiger partial charge is 0.478 e. The fourth-order valence-electron chi connectivity index (χ4n) is 1.94. The quantitative estimate of drug-likeness (QED) is 0.762. The molecule has 0 aliphatic carbocycles. The van der Waals surface area contributed by atoms with Crippen molar-refractivity contribution in [3.63, 3.8) is 0 Å². The second-order valence-electron chi connectivity index (χ2n) is 4.42. The van der Waals surface area contributed by atoms with E-state index in [2.05, 4.69) is 15.4 Å². The Labute approximate surface area is 114 Å². The number of rotatable bonds is 3. The van der Waals surface area contributed by atoms with E-state index in [9.17, 15) is 4.79 Å². The minimum absolute atomic E-state index is 0.183. The Morgan fingerprint density at radius 2 is 2.10 bits per heavy atom. The molecule has 0 fully saturated rings. The van der Waals surface area contributed by atoms with Crippen LogP contribution >= 0.6 is 0 Å². The number of benzene rings is 1. The monoisotopic (exact) mass is 268 g/mol. The number of aryl methyl sites for hydroxylation is 1. The number of anilines is 2. The molecule has 0 radical (unpaired) electrons. The molecule has 1 aromatic carbocycles. The molecule has 2 aromatic heterocycles. The van der Waals surface area contributed by atoms with Crippen molar-refractivity contribution in [2.75, 3.05) is 5.32 Å². The normalized spacial score (nSPS) is 10.7. The van der Waals surface area contributed by atoms with Crippen LogP contribution in [-0.2, 0) is 0 Å². The van der Waals surface area contributed by atoms with Crippen LogP contribution in [0, 0.1) is 6.92 Å². The third-order valence-electron chi connectivity index (χ3n) is 2.90. The van der Waals surface area contributed by atoms with Gasteiger partial charge in [0.05, 0.1) is 11.3 Å². The molecular formula is C14H12N4O2. The van der Waals surface area contributed by atoms with Crippen molar-refractivity contribution < 1.29 is 9.90 Å². The third-order valence-corrected chi connectivity index (χ3v) is 2.90. The molecule has 6 nitrogen and oxygen atoms in total.